The highest BCUT2D eigenvalue weighted by molar-refractivity contribution is 5.76. The fourth-order valence-corrected chi connectivity index (χ4v) is 1.91. The van der Waals surface area contributed by atoms with Gasteiger partial charge in [0.25, 0.3) is 0 Å². The average Bonchev–Trinajstić information content (AvgIpc) is 2.34. The molecule has 3 nitrogen and oxygen atoms in total. The van der Waals surface area contributed by atoms with E-state index in [9.17, 15) is 4.79 Å². The molecule has 0 aliphatic rings. The molecule has 0 atom stereocenters. The van der Waals surface area contributed by atoms with E-state index < -0.39 is 0 Å². The molecular weight excluding hydrogens is 212 g/mol. The molecule has 1 amide bonds. The number of nitrogens with two attached hydrogens (primary N) is 1. The van der Waals surface area contributed by atoms with Gasteiger partial charge in [0.15, 0.2) is 0 Å². The zero-order chi connectivity index (χ0) is 12.7. The van der Waals surface area contributed by atoms with Gasteiger partial charge in [-0.05, 0) is 31.4 Å². The van der Waals surface area contributed by atoms with E-state index in [2.05, 4.69) is 19.1 Å². The predicted molar refractivity (Wildman–Crippen MR) is 70.8 cm³/mol. The molecule has 0 spiro atoms. The Labute approximate surface area is 104 Å². The number of nitrogens with zero attached hydrogens (tertiary/aromatic N) is 1. The number of hydrogen-bond donors (Lipinski definition) is 1. The van der Waals surface area contributed by atoms with Crippen LogP contribution >= 0.6 is 0 Å². The fraction of sp³-hybridized carbons (Fsp3) is 0.500. The summed E-state index contributed by atoms with van der Waals surface area (Å²) in [6.45, 7) is 6.00. The maximum atomic E-state index is 11.9. The minimum absolute atomic E-state index is 0.196. The zero-order valence-electron chi connectivity index (χ0n) is 10.8. The summed E-state index contributed by atoms with van der Waals surface area (Å²) in [5.74, 6) is 0.196. The van der Waals surface area contributed by atoms with Crippen molar-refractivity contribution in [3.8, 4) is 0 Å². The highest BCUT2D eigenvalue weighted by Crippen LogP contribution is 2.10. The number of rotatable bonds is 6. The summed E-state index contributed by atoms with van der Waals surface area (Å²) in [5.41, 5.74) is 7.99. The number of aryl methyl sites for hydroxylation is 2. The van der Waals surface area contributed by atoms with E-state index in [4.69, 9.17) is 5.73 Å². The maximum absolute atomic E-state index is 11.9. The van der Waals surface area contributed by atoms with Gasteiger partial charge in [-0.15, -0.1) is 0 Å². The summed E-state index contributed by atoms with van der Waals surface area (Å²) in [6, 6.07) is 8.21. The maximum Gasteiger partial charge on any atom is 0.222 e. The molecular formula is C14H22N2O. The first-order valence-corrected chi connectivity index (χ1v) is 6.21. The second kappa shape index (κ2) is 7.07. The van der Waals surface area contributed by atoms with Crippen LogP contribution in [0.4, 0.5) is 0 Å². The van der Waals surface area contributed by atoms with E-state index in [0.29, 0.717) is 19.5 Å². The van der Waals surface area contributed by atoms with Crippen LogP contribution < -0.4 is 5.73 Å². The molecule has 0 unspecified atom stereocenters. The number of benzene rings is 1. The summed E-state index contributed by atoms with van der Waals surface area (Å²) in [4.78, 5) is 13.7. The van der Waals surface area contributed by atoms with Crippen LogP contribution in [-0.2, 0) is 11.2 Å². The third-order valence-electron chi connectivity index (χ3n) is 3.00. The lowest BCUT2D eigenvalue weighted by Crippen LogP contribution is -2.35. The van der Waals surface area contributed by atoms with Crippen LogP contribution in [0.5, 0.6) is 0 Å². The lowest BCUT2D eigenvalue weighted by molar-refractivity contribution is -0.130. The summed E-state index contributed by atoms with van der Waals surface area (Å²) >= 11 is 0. The molecule has 1 aromatic rings. The van der Waals surface area contributed by atoms with Gasteiger partial charge in [0, 0.05) is 26.1 Å². The molecule has 0 aliphatic carbocycles. The number of amides is 1. The first-order valence-electron chi connectivity index (χ1n) is 6.21. The number of hydrogen-bond acceptors (Lipinski definition) is 2. The first-order chi connectivity index (χ1) is 8.19. The van der Waals surface area contributed by atoms with Gasteiger partial charge in [0.05, 0.1) is 0 Å². The van der Waals surface area contributed by atoms with Gasteiger partial charge in [0.1, 0.15) is 0 Å². The highest BCUT2D eigenvalue weighted by atomic mass is 16.2. The number of carbonyl (C=O) groups excluding carboxylic acids is 1. The van der Waals surface area contributed by atoms with Gasteiger partial charge >= 0.3 is 0 Å². The number of carbonyl (C=O) groups is 1. The Balaban J connectivity index is 2.50. The molecule has 0 aromatic heterocycles. The molecule has 0 saturated heterocycles. The second-order valence-corrected chi connectivity index (χ2v) is 4.19. The van der Waals surface area contributed by atoms with E-state index in [1.54, 1.807) is 0 Å². The van der Waals surface area contributed by atoms with Crippen molar-refractivity contribution in [1.82, 2.24) is 4.90 Å². The van der Waals surface area contributed by atoms with Crippen molar-refractivity contribution in [3.63, 3.8) is 0 Å². The molecule has 94 valence electrons. The summed E-state index contributed by atoms with van der Waals surface area (Å²) in [6.07, 6.45) is 1.38. The topological polar surface area (TPSA) is 46.3 Å². The summed E-state index contributed by atoms with van der Waals surface area (Å²) < 4.78 is 0. The Kier molecular flexibility index (Phi) is 5.70. The Morgan fingerprint density at radius 2 is 2.06 bits per heavy atom. The zero-order valence-corrected chi connectivity index (χ0v) is 10.8. The van der Waals surface area contributed by atoms with Crippen LogP contribution in [-0.4, -0.2) is 30.4 Å². The van der Waals surface area contributed by atoms with Crippen LogP contribution in [0.15, 0.2) is 24.3 Å². The van der Waals surface area contributed by atoms with E-state index >= 15 is 0 Å². The van der Waals surface area contributed by atoms with E-state index in [1.807, 2.05) is 24.0 Å². The van der Waals surface area contributed by atoms with Gasteiger partial charge in [-0.2, -0.15) is 0 Å². The molecule has 3 heteroatoms. The molecule has 0 bridgehead atoms. The molecule has 1 rings (SSSR count). The first kappa shape index (κ1) is 13.7. The van der Waals surface area contributed by atoms with Gasteiger partial charge in [-0.25, -0.2) is 0 Å². The SMILES string of the molecule is CCN(CCN)C(=O)CCc1ccccc1C. The van der Waals surface area contributed by atoms with Crippen LogP contribution in [0.1, 0.15) is 24.5 Å². The third kappa shape index (κ3) is 4.19. The highest BCUT2D eigenvalue weighted by Gasteiger charge is 2.10. The van der Waals surface area contributed by atoms with Crippen LogP contribution in [0.3, 0.4) is 0 Å². The van der Waals surface area contributed by atoms with Crippen molar-refractivity contribution in [2.75, 3.05) is 19.6 Å². The monoisotopic (exact) mass is 234 g/mol. The molecule has 0 heterocycles. The Morgan fingerprint density at radius 3 is 2.65 bits per heavy atom. The average molecular weight is 234 g/mol. The van der Waals surface area contributed by atoms with Crippen molar-refractivity contribution in [3.05, 3.63) is 35.4 Å². The number of likely N-dealkylation sites (N-methyl/N-ethyl adjacent to an activating group) is 1. The minimum Gasteiger partial charge on any atom is -0.342 e. The molecule has 0 radical (unpaired) electrons. The summed E-state index contributed by atoms with van der Waals surface area (Å²) in [5, 5.41) is 0. The molecule has 17 heavy (non-hydrogen) atoms. The van der Waals surface area contributed by atoms with Crippen LogP contribution in [0, 0.1) is 6.92 Å². The largest absolute Gasteiger partial charge is 0.342 e. The van der Waals surface area contributed by atoms with Crippen molar-refractivity contribution in [1.29, 1.82) is 0 Å². The van der Waals surface area contributed by atoms with Crippen LogP contribution in [0.2, 0.25) is 0 Å². The quantitative estimate of drug-likeness (QED) is 0.815. The van der Waals surface area contributed by atoms with E-state index in [1.165, 1.54) is 11.1 Å². The lowest BCUT2D eigenvalue weighted by Gasteiger charge is -2.20. The lowest BCUT2D eigenvalue weighted by atomic mass is 10.0. The van der Waals surface area contributed by atoms with Gasteiger partial charge in [0.2, 0.25) is 5.91 Å². The normalized spacial score (nSPS) is 10.3. The van der Waals surface area contributed by atoms with Crippen molar-refractivity contribution < 1.29 is 4.79 Å². The second-order valence-electron chi connectivity index (χ2n) is 4.19. The van der Waals surface area contributed by atoms with Crippen molar-refractivity contribution in [2.45, 2.75) is 26.7 Å². The van der Waals surface area contributed by atoms with Gasteiger partial charge < -0.3 is 10.6 Å². The third-order valence-corrected chi connectivity index (χ3v) is 3.00. The Bertz CT molecular complexity index is 363. The summed E-state index contributed by atoms with van der Waals surface area (Å²) in [7, 11) is 0. The predicted octanol–water partition coefficient (Wildman–Crippen LogP) is 1.73. The van der Waals surface area contributed by atoms with Gasteiger partial charge in [-0.3, -0.25) is 4.79 Å². The van der Waals surface area contributed by atoms with Crippen molar-refractivity contribution >= 4 is 5.91 Å². The molecule has 0 aliphatic heterocycles. The Hall–Kier alpha value is -1.35. The molecule has 0 saturated carbocycles. The van der Waals surface area contributed by atoms with E-state index in [0.717, 1.165) is 13.0 Å². The standard InChI is InChI=1S/C14H22N2O/c1-3-16(11-10-15)14(17)9-8-13-7-5-4-6-12(13)2/h4-7H,3,8-11,15H2,1-2H3. The molecule has 0 fully saturated rings. The molecule has 1 aromatic carbocycles. The van der Waals surface area contributed by atoms with E-state index in [-0.39, 0.29) is 5.91 Å². The Morgan fingerprint density at radius 1 is 1.35 bits per heavy atom. The van der Waals surface area contributed by atoms with Crippen LogP contribution in [0.25, 0.3) is 0 Å². The molecule has 2 N–H and O–H groups in total. The van der Waals surface area contributed by atoms with Crippen molar-refractivity contribution in [2.24, 2.45) is 5.73 Å². The van der Waals surface area contributed by atoms with Gasteiger partial charge in [-0.1, -0.05) is 24.3 Å². The smallest absolute Gasteiger partial charge is 0.222 e. The minimum atomic E-state index is 0.196. The fourth-order valence-electron chi connectivity index (χ4n) is 1.91.